The molecule has 28 heavy (non-hydrogen) atoms. The number of benzene rings is 1. The number of piperidine rings is 2. The zero-order valence-electron chi connectivity index (χ0n) is 17.1. The lowest BCUT2D eigenvalue weighted by Gasteiger charge is -2.42. The van der Waals surface area contributed by atoms with Crippen molar-refractivity contribution in [3.8, 4) is 0 Å². The molecule has 3 aliphatic rings. The van der Waals surface area contributed by atoms with Gasteiger partial charge in [0.25, 0.3) is 5.91 Å². The van der Waals surface area contributed by atoms with E-state index in [2.05, 4.69) is 9.80 Å². The van der Waals surface area contributed by atoms with Crippen molar-refractivity contribution in [1.82, 2.24) is 14.7 Å². The molecule has 2 amide bonds. The van der Waals surface area contributed by atoms with Gasteiger partial charge in [-0.3, -0.25) is 14.5 Å². The van der Waals surface area contributed by atoms with Crippen molar-refractivity contribution >= 4 is 11.8 Å². The van der Waals surface area contributed by atoms with Crippen LogP contribution in [0.25, 0.3) is 0 Å². The summed E-state index contributed by atoms with van der Waals surface area (Å²) in [7, 11) is 0. The Hall–Kier alpha value is -1.88. The SMILES string of the molecule is Cc1ccc(C(=O)N2CCC(N3CCC[C@@H](C(=O)N4CCCC4)C3)CC2)cc1. The smallest absolute Gasteiger partial charge is 0.253 e. The van der Waals surface area contributed by atoms with Crippen LogP contribution in [0, 0.1) is 12.8 Å². The van der Waals surface area contributed by atoms with Crippen LogP contribution in [-0.2, 0) is 4.79 Å². The lowest BCUT2D eigenvalue weighted by molar-refractivity contribution is -0.136. The van der Waals surface area contributed by atoms with Gasteiger partial charge in [0, 0.05) is 44.3 Å². The number of carbonyl (C=O) groups excluding carboxylic acids is 2. The van der Waals surface area contributed by atoms with Crippen LogP contribution < -0.4 is 0 Å². The van der Waals surface area contributed by atoms with E-state index in [9.17, 15) is 9.59 Å². The molecule has 5 heteroatoms. The number of carbonyl (C=O) groups is 2. The highest BCUT2D eigenvalue weighted by molar-refractivity contribution is 5.94. The lowest BCUT2D eigenvalue weighted by Crippen LogP contribution is -2.51. The summed E-state index contributed by atoms with van der Waals surface area (Å²) in [4.78, 5) is 32.2. The molecule has 0 radical (unpaired) electrons. The van der Waals surface area contributed by atoms with Crippen LogP contribution in [0.4, 0.5) is 0 Å². The predicted molar refractivity (Wildman–Crippen MR) is 110 cm³/mol. The van der Waals surface area contributed by atoms with Crippen molar-refractivity contribution in [1.29, 1.82) is 0 Å². The van der Waals surface area contributed by atoms with Gasteiger partial charge < -0.3 is 9.80 Å². The Kier molecular flexibility index (Phi) is 6.00. The van der Waals surface area contributed by atoms with Crippen molar-refractivity contribution in [2.75, 3.05) is 39.3 Å². The van der Waals surface area contributed by atoms with Crippen LogP contribution in [0.5, 0.6) is 0 Å². The van der Waals surface area contributed by atoms with Gasteiger partial charge in [0.1, 0.15) is 0 Å². The van der Waals surface area contributed by atoms with E-state index in [-0.39, 0.29) is 11.8 Å². The largest absolute Gasteiger partial charge is 0.342 e. The van der Waals surface area contributed by atoms with E-state index >= 15 is 0 Å². The minimum atomic E-state index is 0.152. The molecule has 0 N–H and O–H groups in total. The molecule has 3 aliphatic heterocycles. The third-order valence-corrected chi connectivity index (χ3v) is 6.79. The second kappa shape index (κ2) is 8.64. The highest BCUT2D eigenvalue weighted by Gasteiger charge is 2.34. The highest BCUT2D eigenvalue weighted by Crippen LogP contribution is 2.26. The van der Waals surface area contributed by atoms with Gasteiger partial charge in [-0.1, -0.05) is 17.7 Å². The molecular weight excluding hydrogens is 350 g/mol. The third kappa shape index (κ3) is 4.24. The molecule has 0 spiro atoms. The summed E-state index contributed by atoms with van der Waals surface area (Å²) in [6.07, 6.45) is 6.51. The first-order valence-corrected chi connectivity index (χ1v) is 11.0. The van der Waals surface area contributed by atoms with Gasteiger partial charge in [-0.05, 0) is 64.1 Å². The van der Waals surface area contributed by atoms with Crippen molar-refractivity contribution in [3.05, 3.63) is 35.4 Å². The second-order valence-corrected chi connectivity index (χ2v) is 8.76. The van der Waals surface area contributed by atoms with E-state index in [0.29, 0.717) is 11.9 Å². The fourth-order valence-electron chi connectivity index (χ4n) is 5.05. The van der Waals surface area contributed by atoms with E-state index in [1.807, 2.05) is 36.1 Å². The van der Waals surface area contributed by atoms with Gasteiger partial charge in [0.2, 0.25) is 5.91 Å². The van der Waals surface area contributed by atoms with E-state index < -0.39 is 0 Å². The quantitative estimate of drug-likeness (QED) is 0.806. The average molecular weight is 384 g/mol. The van der Waals surface area contributed by atoms with Crippen molar-refractivity contribution < 1.29 is 9.59 Å². The van der Waals surface area contributed by atoms with E-state index in [1.165, 1.54) is 5.56 Å². The van der Waals surface area contributed by atoms with Crippen LogP contribution in [0.1, 0.15) is 54.4 Å². The summed E-state index contributed by atoms with van der Waals surface area (Å²) in [5, 5.41) is 0. The first-order chi connectivity index (χ1) is 13.6. The first-order valence-electron chi connectivity index (χ1n) is 11.0. The van der Waals surface area contributed by atoms with E-state index in [1.54, 1.807) is 0 Å². The Morgan fingerprint density at radius 2 is 1.50 bits per heavy atom. The van der Waals surface area contributed by atoms with Crippen LogP contribution in [0.2, 0.25) is 0 Å². The Bertz CT molecular complexity index is 688. The van der Waals surface area contributed by atoms with Gasteiger partial charge in [0.15, 0.2) is 0 Å². The fourth-order valence-corrected chi connectivity index (χ4v) is 5.05. The van der Waals surface area contributed by atoms with Crippen molar-refractivity contribution in [2.24, 2.45) is 5.92 Å². The number of likely N-dealkylation sites (tertiary alicyclic amines) is 3. The molecule has 1 aromatic carbocycles. The number of hydrogen-bond donors (Lipinski definition) is 0. The molecule has 0 bridgehead atoms. The fraction of sp³-hybridized carbons (Fsp3) is 0.652. The number of amides is 2. The molecule has 3 fully saturated rings. The highest BCUT2D eigenvalue weighted by atomic mass is 16.2. The number of aryl methyl sites for hydroxylation is 1. The molecule has 0 aliphatic carbocycles. The van der Waals surface area contributed by atoms with Crippen molar-refractivity contribution in [2.45, 2.75) is 51.5 Å². The number of hydrogen-bond acceptors (Lipinski definition) is 3. The molecule has 1 atom stereocenters. The van der Waals surface area contributed by atoms with Gasteiger partial charge >= 0.3 is 0 Å². The summed E-state index contributed by atoms with van der Waals surface area (Å²) in [5.74, 6) is 0.715. The molecule has 0 unspecified atom stereocenters. The van der Waals surface area contributed by atoms with Gasteiger partial charge in [-0.15, -0.1) is 0 Å². The minimum Gasteiger partial charge on any atom is -0.342 e. The molecule has 3 saturated heterocycles. The molecule has 0 aromatic heterocycles. The summed E-state index contributed by atoms with van der Waals surface area (Å²) >= 11 is 0. The molecular formula is C23H33N3O2. The zero-order valence-corrected chi connectivity index (χ0v) is 17.1. The summed E-state index contributed by atoms with van der Waals surface area (Å²) in [6, 6.07) is 8.39. The van der Waals surface area contributed by atoms with E-state index in [0.717, 1.165) is 83.4 Å². The maximum Gasteiger partial charge on any atom is 0.253 e. The van der Waals surface area contributed by atoms with Gasteiger partial charge in [0.05, 0.1) is 5.92 Å². The predicted octanol–water partition coefficient (Wildman–Crippen LogP) is 2.93. The van der Waals surface area contributed by atoms with Crippen LogP contribution in [-0.4, -0.2) is 71.8 Å². The normalized spacial score (nSPS) is 24.5. The second-order valence-electron chi connectivity index (χ2n) is 8.76. The maximum absolute atomic E-state index is 12.8. The lowest BCUT2D eigenvalue weighted by atomic mass is 9.92. The Labute approximate surface area is 168 Å². The molecule has 152 valence electrons. The zero-order chi connectivity index (χ0) is 19.5. The van der Waals surface area contributed by atoms with E-state index in [4.69, 9.17) is 0 Å². The van der Waals surface area contributed by atoms with Gasteiger partial charge in [-0.2, -0.15) is 0 Å². The van der Waals surface area contributed by atoms with Gasteiger partial charge in [-0.25, -0.2) is 0 Å². The first kappa shape index (κ1) is 19.4. The standard InChI is InChI=1S/C23H33N3O2/c1-18-6-8-19(9-7-18)22(27)25-15-10-21(11-16-25)26-14-4-5-20(17-26)23(28)24-12-2-3-13-24/h6-9,20-21H,2-5,10-17H2,1H3/t20-/m1/s1. The maximum atomic E-state index is 12.8. The Morgan fingerprint density at radius 3 is 2.18 bits per heavy atom. The average Bonchev–Trinajstić information content (AvgIpc) is 3.28. The number of rotatable bonds is 3. The van der Waals surface area contributed by atoms with Crippen LogP contribution >= 0.6 is 0 Å². The molecule has 4 rings (SSSR count). The number of nitrogens with zero attached hydrogens (tertiary/aromatic N) is 3. The van der Waals surface area contributed by atoms with Crippen molar-refractivity contribution in [3.63, 3.8) is 0 Å². The molecule has 0 saturated carbocycles. The Morgan fingerprint density at radius 1 is 0.821 bits per heavy atom. The summed E-state index contributed by atoms with van der Waals surface area (Å²) < 4.78 is 0. The van der Waals surface area contributed by atoms with Crippen LogP contribution in [0.3, 0.4) is 0 Å². The minimum absolute atomic E-state index is 0.152. The monoisotopic (exact) mass is 383 g/mol. The molecule has 3 heterocycles. The van der Waals surface area contributed by atoms with Crippen LogP contribution in [0.15, 0.2) is 24.3 Å². The topological polar surface area (TPSA) is 43.9 Å². The summed E-state index contributed by atoms with van der Waals surface area (Å²) in [6.45, 7) is 7.59. The summed E-state index contributed by atoms with van der Waals surface area (Å²) in [5.41, 5.74) is 1.97. The third-order valence-electron chi connectivity index (χ3n) is 6.79. The Balaban J connectivity index is 1.30. The molecule has 1 aromatic rings. The molecule has 5 nitrogen and oxygen atoms in total.